The van der Waals surface area contributed by atoms with Crippen LogP contribution in [0.2, 0.25) is 0 Å². The minimum Gasteiger partial charge on any atom is -0.477 e. The maximum absolute atomic E-state index is 12.5. The van der Waals surface area contributed by atoms with Crippen LogP contribution in [0.15, 0.2) is 77.5 Å². The van der Waals surface area contributed by atoms with Gasteiger partial charge in [0.05, 0.1) is 4.47 Å². The van der Waals surface area contributed by atoms with Crippen molar-refractivity contribution in [1.82, 2.24) is 0 Å². The van der Waals surface area contributed by atoms with Crippen molar-refractivity contribution >= 4 is 27.7 Å². The second-order valence-electron chi connectivity index (χ2n) is 5.59. The molecule has 2 aromatic carbocycles. The topological polar surface area (TPSA) is 58.2 Å². The minimum absolute atomic E-state index is 0.0738. The molecule has 0 bridgehead atoms. The highest BCUT2D eigenvalue weighted by molar-refractivity contribution is 9.10. The molecule has 4 nitrogen and oxygen atoms in total. The summed E-state index contributed by atoms with van der Waals surface area (Å²) in [5.74, 6) is -1.12. The summed E-state index contributed by atoms with van der Waals surface area (Å²) in [6.45, 7) is 0.0738. The molecule has 0 amide bonds. The maximum atomic E-state index is 12.5. The highest BCUT2D eigenvalue weighted by Gasteiger charge is 2.16. The van der Waals surface area contributed by atoms with Gasteiger partial charge in [-0.05, 0) is 33.1 Å². The van der Waals surface area contributed by atoms with E-state index in [9.17, 15) is 9.59 Å². The van der Waals surface area contributed by atoms with E-state index in [-0.39, 0.29) is 17.9 Å². The largest absolute Gasteiger partial charge is 0.477 e. The summed E-state index contributed by atoms with van der Waals surface area (Å²) in [4.78, 5) is 23.6. The number of carbonyl (C=O) groups excluding carboxylic acids is 1. The molecule has 124 valence electrons. The van der Waals surface area contributed by atoms with E-state index in [1.54, 1.807) is 22.9 Å². The fourth-order valence-electron chi connectivity index (χ4n) is 2.54. The van der Waals surface area contributed by atoms with Gasteiger partial charge < -0.3 is 5.11 Å². The third-order valence-corrected chi connectivity index (χ3v) is 4.21. The smallest absolute Gasteiger partial charge is 0.341 e. The van der Waals surface area contributed by atoms with E-state index < -0.39 is 5.97 Å². The number of carbonyl (C=O) groups is 2. The summed E-state index contributed by atoms with van der Waals surface area (Å²) in [7, 11) is 0. The lowest BCUT2D eigenvalue weighted by Gasteiger charge is -2.03. The molecule has 0 aliphatic heterocycles. The first-order chi connectivity index (χ1) is 12.0. The zero-order valence-corrected chi connectivity index (χ0v) is 14.8. The van der Waals surface area contributed by atoms with Crippen LogP contribution < -0.4 is 4.57 Å². The number of ketones is 1. The molecule has 0 aliphatic carbocycles. The second-order valence-corrected chi connectivity index (χ2v) is 6.50. The first kappa shape index (κ1) is 17.0. The molecule has 1 heterocycles. The lowest BCUT2D eigenvalue weighted by molar-refractivity contribution is -0.683. The first-order valence-electron chi connectivity index (χ1n) is 7.64. The van der Waals surface area contributed by atoms with E-state index in [2.05, 4.69) is 15.9 Å². The van der Waals surface area contributed by atoms with Gasteiger partial charge >= 0.3 is 5.97 Å². The minimum atomic E-state index is -1.03. The van der Waals surface area contributed by atoms with E-state index in [1.807, 2.05) is 42.5 Å². The Labute approximate surface area is 153 Å². The van der Waals surface area contributed by atoms with Gasteiger partial charge in [-0.25, -0.2) is 4.79 Å². The van der Waals surface area contributed by atoms with Crippen molar-refractivity contribution in [3.05, 3.63) is 88.7 Å². The molecule has 0 saturated carbocycles. The molecule has 0 atom stereocenters. The van der Waals surface area contributed by atoms with Crippen molar-refractivity contribution in [2.45, 2.75) is 6.54 Å². The Bertz CT molecular complexity index is 921. The van der Waals surface area contributed by atoms with Gasteiger partial charge in [-0.1, -0.05) is 54.6 Å². The van der Waals surface area contributed by atoms with Crippen LogP contribution in [-0.2, 0) is 6.54 Å². The van der Waals surface area contributed by atoms with Crippen molar-refractivity contribution in [2.75, 3.05) is 0 Å². The van der Waals surface area contributed by atoms with Gasteiger partial charge in [0.25, 0.3) is 0 Å². The van der Waals surface area contributed by atoms with Crippen molar-refractivity contribution in [1.29, 1.82) is 0 Å². The molecule has 3 aromatic rings. The molecule has 0 aliphatic rings. The summed E-state index contributed by atoms with van der Waals surface area (Å²) in [5, 5.41) is 9.10. The molecule has 0 fully saturated rings. The van der Waals surface area contributed by atoms with Gasteiger partial charge in [0.1, 0.15) is 5.56 Å². The Balaban J connectivity index is 1.79. The zero-order valence-electron chi connectivity index (χ0n) is 13.2. The lowest BCUT2D eigenvalue weighted by Crippen LogP contribution is -2.38. The number of Topliss-reactive ketones (excluding diaryl/α,β-unsaturated/α-hetero) is 1. The normalized spacial score (nSPS) is 10.4. The molecule has 0 saturated heterocycles. The van der Waals surface area contributed by atoms with E-state index in [4.69, 9.17) is 5.11 Å². The second kappa shape index (κ2) is 7.40. The molecule has 0 radical (unpaired) electrons. The maximum Gasteiger partial charge on any atom is 0.341 e. The monoisotopic (exact) mass is 396 g/mol. The van der Waals surface area contributed by atoms with Crippen LogP contribution in [0.25, 0.3) is 11.1 Å². The Morgan fingerprint density at radius 1 is 0.880 bits per heavy atom. The van der Waals surface area contributed by atoms with E-state index in [1.165, 1.54) is 12.3 Å². The summed E-state index contributed by atoms with van der Waals surface area (Å²) >= 11 is 3.27. The fraction of sp³-hybridized carbons (Fsp3) is 0.0500. The van der Waals surface area contributed by atoms with Crippen LogP contribution in [0.3, 0.4) is 0 Å². The highest BCUT2D eigenvalue weighted by Crippen LogP contribution is 2.19. The van der Waals surface area contributed by atoms with Crippen molar-refractivity contribution in [3.63, 3.8) is 0 Å². The van der Waals surface area contributed by atoms with Crippen molar-refractivity contribution < 1.29 is 19.3 Å². The molecule has 5 heteroatoms. The summed E-state index contributed by atoms with van der Waals surface area (Å²) in [5.41, 5.74) is 2.85. The number of benzene rings is 2. The average molecular weight is 397 g/mol. The molecule has 3 rings (SSSR count). The van der Waals surface area contributed by atoms with Crippen LogP contribution in [0.5, 0.6) is 0 Å². The summed E-state index contributed by atoms with van der Waals surface area (Å²) in [6, 6.07) is 18.8. The lowest BCUT2D eigenvalue weighted by atomic mass is 10.0. The van der Waals surface area contributed by atoms with Crippen LogP contribution >= 0.6 is 15.9 Å². The number of hydrogen-bond donors (Lipinski definition) is 1. The van der Waals surface area contributed by atoms with E-state index in [0.29, 0.717) is 10.0 Å². The SMILES string of the molecule is O=C(O)c1cc(Br)c[n+](CC(=O)c2ccc(-c3ccccc3)cc2)c1. The van der Waals surface area contributed by atoms with Crippen molar-refractivity contribution in [3.8, 4) is 11.1 Å². The van der Waals surface area contributed by atoms with Crippen LogP contribution in [0.1, 0.15) is 20.7 Å². The number of pyridine rings is 1. The van der Waals surface area contributed by atoms with Crippen LogP contribution in [0.4, 0.5) is 0 Å². The Morgan fingerprint density at radius 3 is 2.16 bits per heavy atom. The predicted octanol–water partition coefficient (Wildman–Crippen LogP) is 3.98. The van der Waals surface area contributed by atoms with E-state index in [0.717, 1.165) is 11.1 Å². The molecule has 1 N–H and O–H groups in total. The Morgan fingerprint density at radius 2 is 1.52 bits per heavy atom. The van der Waals surface area contributed by atoms with Gasteiger partial charge in [0.15, 0.2) is 12.4 Å². The highest BCUT2D eigenvalue weighted by atomic mass is 79.9. The number of carboxylic acids is 1. The number of aromatic carboxylic acids is 1. The third kappa shape index (κ3) is 4.19. The number of halogens is 1. The van der Waals surface area contributed by atoms with Crippen molar-refractivity contribution in [2.24, 2.45) is 0 Å². The number of carboxylic acid groups (broad SMARTS) is 1. The first-order valence-corrected chi connectivity index (χ1v) is 8.44. The van der Waals surface area contributed by atoms with Gasteiger partial charge in [-0.2, -0.15) is 4.57 Å². The molecule has 0 unspecified atom stereocenters. The molecular formula is C20H15BrNO3+. The molecule has 25 heavy (non-hydrogen) atoms. The molecular weight excluding hydrogens is 382 g/mol. The van der Waals surface area contributed by atoms with Gasteiger partial charge in [-0.3, -0.25) is 4.79 Å². The standard InChI is InChI=1S/C20H14BrNO3/c21-18-10-17(20(24)25)11-22(12-18)13-19(23)16-8-6-15(7-9-16)14-4-2-1-3-5-14/h1-12H,13H2/p+1. The Kier molecular flexibility index (Phi) is 5.05. The quantitative estimate of drug-likeness (QED) is 0.523. The van der Waals surface area contributed by atoms with Crippen LogP contribution in [0, 0.1) is 0 Å². The van der Waals surface area contributed by atoms with Crippen LogP contribution in [-0.4, -0.2) is 16.9 Å². The third-order valence-electron chi connectivity index (χ3n) is 3.77. The number of nitrogens with zero attached hydrogens (tertiary/aromatic N) is 1. The predicted molar refractivity (Wildman–Crippen MR) is 97.5 cm³/mol. The summed E-state index contributed by atoms with van der Waals surface area (Å²) < 4.78 is 2.18. The molecule has 0 spiro atoms. The molecule has 1 aromatic heterocycles. The fourth-order valence-corrected chi connectivity index (χ4v) is 3.05. The Hall–Kier alpha value is -2.79. The van der Waals surface area contributed by atoms with E-state index >= 15 is 0 Å². The summed E-state index contributed by atoms with van der Waals surface area (Å²) in [6.07, 6.45) is 3.13. The zero-order chi connectivity index (χ0) is 17.8. The van der Waals surface area contributed by atoms with Gasteiger partial charge in [0.2, 0.25) is 12.3 Å². The number of hydrogen-bond acceptors (Lipinski definition) is 2. The average Bonchev–Trinajstić information content (AvgIpc) is 2.62. The number of aromatic nitrogens is 1. The van der Waals surface area contributed by atoms with Gasteiger partial charge in [-0.15, -0.1) is 0 Å². The number of rotatable bonds is 5. The van der Waals surface area contributed by atoms with Gasteiger partial charge in [0, 0.05) is 5.56 Å².